The first kappa shape index (κ1) is 22.4. The molecular formula is C23H23N3O6S. The standard InChI is InChI=1S/C23H23N3O6S/c1-2-30-21(27)12-18(15-7-8-19-20(11-15)32-14-31-19)25-23(29)24-17-6-3-9-26(22(17)28)13-16-5-4-10-33-16/h3-11,18H,2,12-14H2,1H3,(H2,24,25,29)/t18-/m0/s1. The average molecular weight is 470 g/mol. The summed E-state index contributed by atoms with van der Waals surface area (Å²) in [6, 6.07) is 10.9. The molecule has 33 heavy (non-hydrogen) atoms. The summed E-state index contributed by atoms with van der Waals surface area (Å²) in [6.45, 7) is 2.47. The molecule has 172 valence electrons. The Hall–Kier alpha value is -3.79. The summed E-state index contributed by atoms with van der Waals surface area (Å²) >= 11 is 1.55. The molecule has 3 heterocycles. The molecule has 1 atom stereocenters. The van der Waals surface area contributed by atoms with E-state index in [-0.39, 0.29) is 31.1 Å². The van der Waals surface area contributed by atoms with Crippen LogP contribution in [-0.2, 0) is 16.1 Å². The van der Waals surface area contributed by atoms with Gasteiger partial charge in [0.15, 0.2) is 11.5 Å². The average Bonchev–Trinajstić information content (AvgIpc) is 3.47. The molecule has 2 N–H and O–H groups in total. The Morgan fingerprint density at radius 1 is 1.18 bits per heavy atom. The van der Waals surface area contributed by atoms with E-state index in [1.54, 1.807) is 48.7 Å². The lowest BCUT2D eigenvalue weighted by Gasteiger charge is -2.19. The van der Waals surface area contributed by atoms with Crippen LogP contribution in [0.1, 0.15) is 29.8 Å². The highest BCUT2D eigenvalue weighted by Crippen LogP contribution is 2.35. The third kappa shape index (κ3) is 5.53. The predicted octanol–water partition coefficient (Wildman–Crippen LogP) is 3.50. The van der Waals surface area contributed by atoms with Crippen molar-refractivity contribution < 1.29 is 23.8 Å². The van der Waals surface area contributed by atoms with Crippen LogP contribution in [0.3, 0.4) is 0 Å². The van der Waals surface area contributed by atoms with Crippen LogP contribution >= 0.6 is 11.3 Å². The normalized spacial score (nSPS) is 12.8. The van der Waals surface area contributed by atoms with E-state index in [9.17, 15) is 14.4 Å². The minimum atomic E-state index is -0.699. The summed E-state index contributed by atoms with van der Waals surface area (Å²) in [5.74, 6) is 0.662. The molecule has 2 aromatic heterocycles. The largest absolute Gasteiger partial charge is 0.466 e. The molecule has 0 saturated heterocycles. The van der Waals surface area contributed by atoms with Gasteiger partial charge in [-0.1, -0.05) is 12.1 Å². The Bertz CT molecular complexity index is 1190. The van der Waals surface area contributed by atoms with Gasteiger partial charge in [0.2, 0.25) is 6.79 Å². The zero-order chi connectivity index (χ0) is 23.2. The second-order valence-electron chi connectivity index (χ2n) is 7.21. The van der Waals surface area contributed by atoms with E-state index in [0.717, 1.165) is 4.88 Å². The van der Waals surface area contributed by atoms with E-state index in [0.29, 0.717) is 23.6 Å². The van der Waals surface area contributed by atoms with Crippen molar-refractivity contribution in [1.82, 2.24) is 9.88 Å². The Morgan fingerprint density at radius 2 is 2.03 bits per heavy atom. The van der Waals surface area contributed by atoms with Crippen molar-refractivity contribution in [3.63, 3.8) is 0 Å². The molecule has 1 aliphatic rings. The molecule has 0 fully saturated rings. The number of pyridine rings is 1. The molecule has 10 heteroatoms. The number of anilines is 1. The first-order chi connectivity index (χ1) is 16.0. The van der Waals surface area contributed by atoms with Crippen LogP contribution < -0.4 is 25.7 Å². The second kappa shape index (κ2) is 10.2. The highest BCUT2D eigenvalue weighted by Gasteiger charge is 2.23. The van der Waals surface area contributed by atoms with Gasteiger partial charge < -0.3 is 29.4 Å². The molecule has 1 aromatic carbocycles. The van der Waals surface area contributed by atoms with Crippen molar-refractivity contribution in [3.8, 4) is 11.5 Å². The fourth-order valence-electron chi connectivity index (χ4n) is 3.41. The number of carbonyl (C=O) groups is 2. The van der Waals surface area contributed by atoms with Gasteiger partial charge in [-0.3, -0.25) is 9.59 Å². The number of carbonyl (C=O) groups excluding carboxylic acids is 2. The van der Waals surface area contributed by atoms with E-state index in [1.165, 1.54) is 10.6 Å². The van der Waals surface area contributed by atoms with E-state index in [4.69, 9.17) is 14.2 Å². The highest BCUT2D eigenvalue weighted by atomic mass is 32.1. The lowest BCUT2D eigenvalue weighted by Crippen LogP contribution is -2.36. The minimum absolute atomic E-state index is 0.0850. The van der Waals surface area contributed by atoms with Gasteiger partial charge in [-0.15, -0.1) is 11.3 Å². The fraction of sp³-hybridized carbons (Fsp3) is 0.261. The Labute approximate surface area is 193 Å². The van der Waals surface area contributed by atoms with Crippen LogP contribution in [0.4, 0.5) is 10.5 Å². The van der Waals surface area contributed by atoms with Crippen molar-refractivity contribution in [2.45, 2.75) is 25.9 Å². The minimum Gasteiger partial charge on any atom is -0.466 e. The Morgan fingerprint density at radius 3 is 2.82 bits per heavy atom. The lowest BCUT2D eigenvalue weighted by atomic mass is 10.0. The van der Waals surface area contributed by atoms with Gasteiger partial charge >= 0.3 is 12.0 Å². The number of thiophene rings is 1. The predicted molar refractivity (Wildman–Crippen MR) is 123 cm³/mol. The summed E-state index contributed by atoms with van der Waals surface area (Å²) in [5, 5.41) is 7.30. The number of ether oxygens (including phenoxy) is 3. The molecule has 0 aliphatic carbocycles. The van der Waals surface area contributed by atoms with Crippen LogP contribution in [0, 0.1) is 0 Å². The van der Waals surface area contributed by atoms with Crippen LogP contribution in [0.25, 0.3) is 0 Å². The maximum Gasteiger partial charge on any atom is 0.319 e. The van der Waals surface area contributed by atoms with E-state index in [1.807, 2.05) is 17.5 Å². The molecule has 1 aliphatic heterocycles. The number of fused-ring (bicyclic) bond motifs is 1. The number of hydrogen-bond donors (Lipinski definition) is 2. The lowest BCUT2D eigenvalue weighted by molar-refractivity contribution is -0.143. The maximum atomic E-state index is 12.8. The van der Waals surface area contributed by atoms with Crippen LogP contribution in [0.2, 0.25) is 0 Å². The monoisotopic (exact) mass is 469 g/mol. The van der Waals surface area contributed by atoms with Crippen molar-refractivity contribution in [2.24, 2.45) is 0 Å². The zero-order valence-electron chi connectivity index (χ0n) is 17.9. The maximum absolute atomic E-state index is 12.8. The van der Waals surface area contributed by atoms with E-state index < -0.39 is 18.0 Å². The summed E-state index contributed by atoms with van der Waals surface area (Å²) in [6.07, 6.45) is 1.58. The summed E-state index contributed by atoms with van der Waals surface area (Å²) < 4.78 is 17.3. The molecular weight excluding hydrogens is 446 g/mol. The molecule has 0 bridgehead atoms. The highest BCUT2D eigenvalue weighted by molar-refractivity contribution is 7.09. The molecule has 0 spiro atoms. The van der Waals surface area contributed by atoms with Gasteiger partial charge in [-0.2, -0.15) is 0 Å². The van der Waals surface area contributed by atoms with Crippen LogP contribution in [0.15, 0.2) is 58.8 Å². The Kier molecular flexibility index (Phi) is 6.94. The van der Waals surface area contributed by atoms with Gasteiger partial charge in [0.25, 0.3) is 5.56 Å². The summed E-state index contributed by atoms with van der Waals surface area (Å²) in [5.41, 5.74) is 0.448. The quantitative estimate of drug-likeness (QED) is 0.489. The first-order valence-electron chi connectivity index (χ1n) is 10.4. The molecule has 4 rings (SSSR count). The topological polar surface area (TPSA) is 108 Å². The molecule has 9 nitrogen and oxygen atoms in total. The number of benzene rings is 1. The Balaban J connectivity index is 1.50. The van der Waals surface area contributed by atoms with Gasteiger partial charge in [-0.25, -0.2) is 4.79 Å². The number of hydrogen-bond acceptors (Lipinski definition) is 7. The van der Waals surface area contributed by atoms with Gasteiger partial charge in [0.1, 0.15) is 5.69 Å². The number of nitrogens with zero attached hydrogens (tertiary/aromatic N) is 1. The number of amides is 2. The molecule has 2 amide bonds. The smallest absolute Gasteiger partial charge is 0.319 e. The molecule has 3 aromatic rings. The molecule has 0 unspecified atom stereocenters. The van der Waals surface area contributed by atoms with Crippen molar-refractivity contribution >= 4 is 29.0 Å². The van der Waals surface area contributed by atoms with Gasteiger partial charge in [0, 0.05) is 11.1 Å². The van der Waals surface area contributed by atoms with Crippen LogP contribution in [-0.4, -0.2) is 30.0 Å². The SMILES string of the molecule is CCOC(=O)C[C@H](NC(=O)Nc1cccn(Cc2cccs2)c1=O)c1ccc2c(c1)OCO2. The fourth-order valence-corrected chi connectivity index (χ4v) is 4.11. The van der Waals surface area contributed by atoms with E-state index >= 15 is 0 Å². The van der Waals surface area contributed by atoms with Gasteiger partial charge in [0.05, 0.1) is 25.6 Å². The number of nitrogens with one attached hydrogen (secondary N) is 2. The number of rotatable bonds is 8. The van der Waals surface area contributed by atoms with Crippen LogP contribution in [0.5, 0.6) is 11.5 Å². The first-order valence-corrected chi connectivity index (χ1v) is 11.3. The van der Waals surface area contributed by atoms with E-state index in [2.05, 4.69) is 10.6 Å². The summed E-state index contributed by atoms with van der Waals surface area (Å²) in [4.78, 5) is 38.7. The van der Waals surface area contributed by atoms with Crippen molar-refractivity contribution in [2.75, 3.05) is 18.7 Å². The van der Waals surface area contributed by atoms with Crippen molar-refractivity contribution in [1.29, 1.82) is 0 Å². The third-order valence-electron chi connectivity index (χ3n) is 4.96. The zero-order valence-corrected chi connectivity index (χ0v) is 18.7. The third-order valence-corrected chi connectivity index (χ3v) is 5.82. The number of urea groups is 1. The van der Waals surface area contributed by atoms with Crippen molar-refractivity contribution in [3.05, 3.63) is 74.8 Å². The summed E-state index contributed by atoms with van der Waals surface area (Å²) in [7, 11) is 0. The molecule has 0 saturated carbocycles. The second-order valence-corrected chi connectivity index (χ2v) is 8.24. The number of aromatic nitrogens is 1. The number of esters is 1. The van der Waals surface area contributed by atoms with Gasteiger partial charge in [-0.05, 0) is 48.2 Å². The molecule has 0 radical (unpaired) electrons.